The van der Waals surface area contributed by atoms with Crippen LogP contribution in [0.4, 0.5) is 0 Å². The van der Waals surface area contributed by atoms with Crippen LogP contribution in [0.15, 0.2) is 0 Å². The normalized spacial score (nSPS) is 35.2. The first-order chi connectivity index (χ1) is 3.88. The van der Waals surface area contributed by atoms with Gasteiger partial charge in [0.1, 0.15) is 0 Å². The Morgan fingerprint density at radius 1 is 1.62 bits per heavy atom. The van der Waals surface area contributed by atoms with E-state index in [9.17, 15) is 0 Å². The van der Waals surface area contributed by atoms with Gasteiger partial charge in [-0.05, 0) is 38.4 Å². The number of rotatable bonds is 3. The highest BCUT2D eigenvalue weighted by atomic mass is 14.8. The average molecular weight is 114 g/mol. The Kier molecular flexibility index (Phi) is 1.86. The second kappa shape index (κ2) is 2.46. The van der Waals surface area contributed by atoms with Gasteiger partial charge in [-0.15, -0.1) is 0 Å². The monoisotopic (exact) mass is 114 g/mol. The third kappa shape index (κ3) is 1.20. The van der Waals surface area contributed by atoms with Gasteiger partial charge in [-0.1, -0.05) is 0 Å². The Morgan fingerprint density at radius 3 is 2.75 bits per heavy atom. The van der Waals surface area contributed by atoms with Crippen LogP contribution < -0.4 is 11.1 Å². The maximum absolute atomic E-state index is 5.43. The van der Waals surface area contributed by atoms with Crippen LogP contribution in [-0.4, -0.2) is 20.1 Å². The van der Waals surface area contributed by atoms with E-state index in [1.807, 2.05) is 7.05 Å². The van der Waals surface area contributed by atoms with Crippen molar-refractivity contribution >= 4 is 0 Å². The molecule has 0 radical (unpaired) electrons. The van der Waals surface area contributed by atoms with Gasteiger partial charge in [0.15, 0.2) is 0 Å². The lowest BCUT2D eigenvalue weighted by atomic mass is 10.3. The van der Waals surface area contributed by atoms with Crippen LogP contribution in [-0.2, 0) is 0 Å². The van der Waals surface area contributed by atoms with Gasteiger partial charge < -0.3 is 11.1 Å². The maximum atomic E-state index is 5.43. The zero-order valence-electron chi connectivity index (χ0n) is 5.35. The van der Waals surface area contributed by atoms with Gasteiger partial charge in [0.2, 0.25) is 0 Å². The number of hydrogen-bond donors (Lipinski definition) is 2. The molecule has 8 heavy (non-hydrogen) atoms. The van der Waals surface area contributed by atoms with Crippen LogP contribution in [0, 0.1) is 11.8 Å². The summed E-state index contributed by atoms with van der Waals surface area (Å²) >= 11 is 0. The molecule has 2 nitrogen and oxygen atoms in total. The molecule has 2 atom stereocenters. The van der Waals surface area contributed by atoms with E-state index in [1.165, 1.54) is 6.42 Å². The van der Waals surface area contributed by atoms with Gasteiger partial charge in [0, 0.05) is 0 Å². The fourth-order valence-electron chi connectivity index (χ4n) is 1.11. The molecule has 0 heterocycles. The van der Waals surface area contributed by atoms with Gasteiger partial charge in [-0.3, -0.25) is 0 Å². The second-order valence-corrected chi connectivity index (χ2v) is 2.55. The first-order valence-corrected chi connectivity index (χ1v) is 3.23. The lowest BCUT2D eigenvalue weighted by molar-refractivity contribution is 0.651. The topological polar surface area (TPSA) is 38.0 Å². The molecule has 0 aromatic heterocycles. The zero-order chi connectivity index (χ0) is 5.98. The second-order valence-electron chi connectivity index (χ2n) is 2.55. The van der Waals surface area contributed by atoms with Gasteiger partial charge in [0.05, 0.1) is 0 Å². The minimum Gasteiger partial charge on any atom is -0.330 e. The maximum Gasteiger partial charge on any atom is -0.00203 e. The highest BCUT2D eigenvalue weighted by Gasteiger charge is 2.34. The minimum absolute atomic E-state index is 0.836. The molecule has 0 bridgehead atoms. The van der Waals surface area contributed by atoms with Crippen LogP contribution >= 0.6 is 0 Å². The van der Waals surface area contributed by atoms with Crippen molar-refractivity contribution in [2.75, 3.05) is 20.1 Å². The van der Waals surface area contributed by atoms with Crippen molar-refractivity contribution in [3.05, 3.63) is 0 Å². The van der Waals surface area contributed by atoms with Gasteiger partial charge in [-0.25, -0.2) is 0 Å². The number of hydrogen-bond acceptors (Lipinski definition) is 2. The van der Waals surface area contributed by atoms with Crippen molar-refractivity contribution in [2.24, 2.45) is 17.6 Å². The summed E-state index contributed by atoms with van der Waals surface area (Å²) in [4.78, 5) is 0. The highest BCUT2D eigenvalue weighted by molar-refractivity contribution is 4.87. The molecule has 1 saturated carbocycles. The third-order valence-corrected chi connectivity index (χ3v) is 1.84. The summed E-state index contributed by atoms with van der Waals surface area (Å²) in [5.41, 5.74) is 5.43. The molecule has 0 spiro atoms. The molecule has 1 fully saturated rings. The molecule has 0 saturated heterocycles. The summed E-state index contributed by atoms with van der Waals surface area (Å²) in [6.45, 7) is 2.04. The molecular weight excluding hydrogens is 100 g/mol. The van der Waals surface area contributed by atoms with Crippen LogP contribution in [0.1, 0.15) is 6.42 Å². The third-order valence-electron chi connectivity index (χ3n) is 1.84. The smallest absolute Gasteiger partial charge is 0.00203 e. The van der Waals surface area contributed by atoms with E-state index in [1.54, 1.807) is 0 Å². The van der Waals surface area contributed by atoms with Crippen molar-refractivity contribution in [1.29, 1.82) is 0 Å². The lowest BCUT2D eigenvalue weighted by Crippen LogP contribution is -2.12. The molecule has 0 amide bonds. The van der Waals surface area contributed by atoms with Crippen LogP contribution in [0.3, 0.4) is 0 Å². The zero-order valence-corrected chi connectivity index (χ0v) is 5.35. The van der Waals surface area contributed by atoms with Crippen molar-refractivity contribution in [3.8, 4) is 0 Å². The number of nitrogens with two attached hydrogens (primary N) is 1. The largest absolute Gasteiger partial charge is 0.330 e. The van der Waals surface area contributed by atoms with Crippen LogP contribution in [0.5, 0.6) is 0 Å². The van der Waals surface area contributed by atoms with E-state index in [4.69, 9.17) is 5.73 Å². The minimum atomic E-state index is 0.836. The molecule has 0 aliphatic heterocycles. The predicted molar refractivity (Wildman–Crippen MR) is 34.6 cm³/mol. The highest BCUT2D eigenvalue weighted by Crippen LogP contribution is 2.36. The van der Waals surface area contributed by atoms with E-state index >= 15 is 0 Å². The van der Waals surface area contributed by atoms with Gasteiger partial charge >= 0.3 is 0 Å². The van der Waals surface area contributed by atoms with Crippen LogP contribution in [0.2, 0.25) is 0 Å². The molecule has 1 rings (SSSR count). The summed E-state index contributed by atoms with van der Waals surface area (Å²) in [7, 11) is 1.99. The number of nitrogens with one attached hydrogen (secondary N) is 1. The van der Waals surface area contributed by atoms with E-state index in [0.717, 1.165) is 24.9 Å². The quantitative estimate of drug-likeness (QED) is 0.533. The summed E-state index contributed by atoms with van der Waals surface area (Å²) in [5, 5.41) is 3.14. The summed E-state index contributed by atoms with van der Waals surface area (Å²) < 4.78 is 0. The SMILES string of the molecule is CNC[C@H]1C[C@H]1CN. The van der Waals surface area contributed by atoms with E-state index in [0.29, 0.717) is 0 Å². The molecule has 2 heteroatoms. The molecule has 0 aromatic carbocycles. The van der Waals surface area contributed by atoms with E-state index < -0.39 is 0 Å². The fraction of sp³-hybridized carbons (Fsp3) is 1.00. The predicted octanol–water partition coefficient (Wildman–Crippen LogP) is -0.199. The van der Waals surface area contributed by atoms with E-state index in [-0.39, 0.29) is 0 Å². The molecular formula is C6H14N2. The van der Waals surface area contributed by atoms with Crippen molar-refractivity contribution in [1.82, 2.24) is 5.32 Å². The molecule has 0 unspecified atom stereocenters. The molecule has 1 aliphatic rings. The Bertz CT molecular complexity index is 72.9. The molecule has 3 N–H and O–H groups in total. The summed E-state index contributed by atoms with van der Waals surface area (Å²) in [5.74, 6) is 1.73. The van der Waals surface area contributed by atoms with Crippen molar-refractivity contribution in [2.45, 2.75) is 6.42 Å². The Balaban J connectivity index is 1.99. The Morgan fingerprint density at radius 2 is 2.38 bits per heavy atom. The standard InChI is InChI=1S/C6H14N2/c1-8-4-6-2-5(6)3-7/h5-6,8H,2-4,7H2,1H3/t5-,6+/m0/s1. The van der Waals surface area contributed by atoms with E-state index in [2.05, 4.69) is 5.32 Å². The van der Waals surface area contributed by atoms with Crippen molar-refractivity contribution < 1.29 is 0 Å². The molecule has 0 aromatic rings. The van der Waals surface area contributed by atoms with Crippen molar-refractivity contribution in [3.63, 3.8) is 0 Å². The average Bonchev–Trinajstić information content (AvgIpc) is 2.48. The van der Waals surface area contributed by atoms with Gasteiger partial charge in [-0.2, -0.15) is 0 Å². The Hall–Kier alpha value is -0.0800. The lowest BCUT2D eigenvalue weighted by Gasteiger charge is -1.92. The summed E-state index contributed by atoms with van der Waals surface area (Å²) in [6, 6.07) is 0. The molecule has 1 aliphatic carbocycles. The first kappa shape index (κ1) is 6.05. The Labute approximate surface area is 50.4 Å². The molecule has 48 valence electrons. The summed E-state index contributed by atoms with van der Waals surface area (Å²) in [6.07, 6.45) is 1.34. The van der Waals surface area contributed by atoms with Crippen LogP contribution in [0.25, 0.3) is 0 Å². The first-order valence-electron chi connectivity index (χ1n) is 3.23. The fourth-order valence-corrected chi connectivity index (χ4v) is 1.11. The van der Waals surface area contributed by atoms with Gasteiger partial charge in [0.25, 0.3) is 0 Å².